The summed E-state index contributed by atoms with van der Waals surface area (Å²) < 4.78 is 13.4. The molecule has 0 unspecified atom stereocenters. The monoisotopic (exact) mass is 364 g/mol. The quantitative estimate of drug-likeness (QED) is 0.545. The predicted molar refractivity (Wildman–Crippen MR) is 82.9 cm³/mol. The van der Waals surface area contributed by atoms with Gasteiger partial charge in [0.15, 0.2) is 0 Å². The van der Waals surface area contributed by atoms with Gasteiger partial charge in [-0.1, -0.05) is 32.0 Å². The predicted octanol–water partition coefficient (Wildman–Crippen LogP) is 3.42. The zero-order chi connectivity index (χ0) is 12.7. The van der Waals surface area contributed by atoms with E-state index in [1.807, 2.05) is 0 Å². The largest absolute Gasteiger partial charge is 0.391 e. The van der Waals surface area contributed by atoms with Crippen LogP contribution in [0.25, 0.3) is 0 Å². The number of benzene rings is 1. The van der Waals surface area contributed by atoms with Crippen LogP contribution in [-0.2, 0) is 8.85 Å². The molecule has 0 fully saturated rings. The summed E-state index contributed by atoms with van der Waals surface area (Å²) in [4.78, 5) is 0. The Morgan fingerprint density at radius 3 is 2.06 bits per heavy atom. The SMILES string of the molecule is CCCO[Si](C)(OCCC)c1ccccc1I. The van der Waals surface area contributed by atoms with Crippen molar-refractivity contribution < 1.29 is 8.85 Å². The van der Waals surface area contributed by atoms with E-state index in [9.17, 15) is 0 Å². The van der Waals surface area contributed by atoms with Gasteiger partial charge in [-0.15, -0.1) is 0 Å². The molecule has 0 saturated carbocycles. The van der Waals surface area contributed by atoms with E-state index in [-0.39, 0.29) is 0 Å². The van der Waals surface area contributed by atoms with Crippen LogP contribution in [0.15, 0.2) is 24.3 Å². The van der Waals surface area contributed by atoms with Crippen LogP contribution in [0.2, 0.25) is 6.55 Å². The molecule has 1 rings (SSSR count). The van der Waals surface area contributed by atoms with E-state index in [0.717, 1.165) is 26.1 Å². The maximum atomic E-state index is 6.06. The van der Waals surface area contributed by atoms with Crippen molar-refractivity contribution in [3.63, 3.8) is 0 Å². The lowest BCUT2D eigenvalue weighted by atomic mass is 10.4. The summed E-state index contributed by atoms with van der Waals surface area (Å²) in [6.45, 7) is 7.96. The van der Waals surface area contributed by atoms with Crippen molar-refractivity contribution in [1.29, 1.82) is 0 Å². The van der Waals surface area contributed by atoms with Gasteiger partial charge in [-0.2, -0.15) is 0 Å². The Morgan fingerprint density at radius 1 is 1.06 bits per heavy atom. The Kier molecular flexibility index (Phi) is 6.69. The van der Waals surface area contributed by atoms with Crippen LogP contribution in [0.5, 0.6) is 0 Å². The van der Waals surface area contributed by atoms with Crippen LogP contribution < -0.4 is 5.19 Å². The van der Waals surface area contributed by atoms with Crippen LogP contribution in [0.3, 0.4) is 0 Å². The van der Waals surface area contributed by atoms with Gasteiger partial charge >= 0.3 is 8.56 Å². The lowest BCUT2D eigenvalue weighted by Gasteiger charge is -2.28. The summed E-state index contributed by atoms with van der Waals surface area (Å²) in [7, 11) is -2.22. The first-order valence-electron chi connectivity index (χ1n) is 6.17. The van der Waals surface area contributed by atoms with Crippen LogP contribution in [0.1, 0.15) is 26.7 Å². The molecule has 2 nitrogen and oxygen atoms in total. The van der Waals surface area contributed by atoms with E-state index in [1.54, 1.807) is 0 Å². The average Bonchev–Trinajstić information content (AvgIpc) is 2.34. The molecule has 0 aliphatic heterocycles. The molecule has 4 heteroatoms. The summed E-state index contributed by atoms with van der Waals surface area (Å²) >= 11 is 2.36. The highest BCUT2D eigenvalue weighted by Crippen LogP contribution is 2.13. The van der Waals surface area contributed by atoms with Gasteiger partial charge in [-0.25, -0.2) is 0 Å². The van der Waals surface area contributed by atoms with Crippen molar-refractivity contribution in [1.82, 2.24) is 0 Å². The first kappa shape index (κ1) is 15.1. The molecule has 96 valence electrons. The Labute approximate surface area is 119 Å². The normalized spacial score (nSPS) is 11.8. The highest BCUT2D eigenvalue weighted by atomic mass is 127. The molecular formula is C13H21IO2Si. The lowest BCUT2D eigenvalue weighted by molar-refractivity contribution is 0.185. The molecule has 0 atom stereocenters. The van der Waals surface area contributed by atoms with Gasteiger partial charge in [0.1, 0.15) is 0 Å². The third kappa shape index (κ3) is 4.35. The Morgan fingerprint density at radius 2 is 1.59 bits per heavy atom. The molecule has 0 saturated heterocycles. The fourth-order valence-corrected chi connectivity index (χ4v) is 5.98. The highest BCUT2D eigenvalue weighted by Gasteiger charge is 2.35. The van der Waals surface area contributed by atoms with Crippen molar-refractivity contribution in [2.24, 2.45) is 0 Å². The van der Waals surface area contributed by atoms with Crippen LogP contribution in [0.4, 0.5) is 0 Å². The van der Waals surface area contributed by atoms with Crippen molar-refractivity contribution >= 4 is 36.3 Å². The minimum atomic E-state index is -2.22. The summed E-state index contributed by atoms with van der Waals surface area (Å²) in [5, 5.41) is 1.25. The topological polar surface area (TPSA) is 18.5 Å². The van der Waals surface area contributed by atoms with Crippen LogP contribution in [-0.4, -0.2) is 21.8 Å². The highest BCUT2D eigenvalue weighted by molar-refractivity contribution is 14.1. The molecule has 0 heterocycles. The molecule has 0 bridgehead atoms. The van der Waals surface area contributed by atoms with Gasteiger partial charge in [0.05, 0.1) is 0 Å². The second kappa shape index (κ2) is 7.51. The minimum absolute atomic E-state index is 0.775. The second-order valence-corrected chi connectivity index (χ2v) is 8.29. The first-order chi connectivity index (χ1) is 8.14. The van der Waals surface area contributed by atoms with Crippen molar-refractivity contribution in [2.75, 3.05) is 13.2 Å². The molecule has 0 radical (unpaired) electrons. The molecule has 0 amide bonds. The van der Waals surface area contributed by atoms with Crippen molar-refractivity contribution in [3.8, 4) is 0 Å². The summed E-state index contributed by atoms with van der Waals surface area (Å²) in [5.41, 5.74) is 0. The third-order valence-corrected chi connectivity index (χ3v) is 6.90. The maximum Gasteiger partial charge on any atom is 0.370 e. The number of hydrogen-bond acceptors (Lipinski definition) is 2. The van der Waals surface area contributed by atoms with Gasteiger partial charge in [0.25, 0.3) is 0 Å². The number of hydrogen-bond donors (Lipinski definition) is 0. The third-order valence-electron chi connectivity index (χ3n) is 2.53. The lowest BCUT2D eigenvalue weighted by Crippen LogP contribution is -2.52. The van der Waals surface area contributed by atoms with Crippen LogP contribution in [0, 0.1) is 3.57 Å². The summed E-state index contributed by atoms with van der Waals surface area (Å²) in [5.74, 6) is 0. The summed E-state index contributed by atoms with van der Waals surface area (Å²) in [6.07, 6.45) is 2.06. The fraction of sp³-hybridized carbons (Fsp3) is 0.538. The molecule has 0 N–H and O–H groups in total. The maximum absolute atomic E-state index is 6.06. The fourth-order valence-electron chi connectivity index (χ4n) is 1.62. The van der Waals surface area contributed by atoms with E-state index >= 15 is 0 Å². The van der Waals surface area contributed by atoms with Gasteiger partial charge in [0.2, 0.25) is 0 Å². The van der Waals surface area contributed by atoms with Crippen molar-refractivity contribution in [2.45, 2.75) is 33.2 Å². The Balaban J connectivity index is 2.92. The molecule has 17 heavy (non-hydrogen) atoms. The smallest absolute Gasteiger partial charge is 0.370 e. The zero-order valence-corrected chi connectivity index (χ0v) is 14.0. The molecule has 0 spiro atoms. The Hall–Kier alpha value is 0.0869. The van der Waals surface area contributed by atoms with E-state index in [2.05, 4.69) is 67.3 Å². The standard InChI is InChI=1S/C13H21IO2Si/c1-4-10-15-17(3,16-11-5-2)13-9-7-6-8-12(13)14/h6-9H,4-5,10-11H2,1-3H3. The zero-order valence-electron chi connectivity index (χ0n) is 10.8. The van der Waals surface area contributed by atoms with E-state index in [4.69, 9.17) is 8.85 Å². The number of halogens is 1. The molecule has 1 aromatic rings. The van der Waals surface area contributed by atoms with Gasteiger partial charge in [0, 0.05) is 22.0 Å². The van der Waals surface area contributed by atoms with Gasteiger partial charge in [-0.05, 0) is 48.0 Å². The van der Waals surface area contributed by atoms with Crippen LogP contribution >= 0.6 is 22.6 Å². The summed E-state index contributed by atoms with van der Waals surface area (Å²) in [6, 6.07) is 8.37. The van der Waals surface area contributed by atoms with Gasteiger partial charge in [-0.3, -0.25) is 0 Å². The average molecular weight is 364 g/mol. The Bertz CT molecular complexity index is 336. The second-order valence-electron chi connectivity index (χ2n) is 4.12. The molecule has 0 aliphatic rings. The van der Waals surface area contributed by atoms with E-state index in [1.165, 1.54) is 8.76 Å². The molecule has 0 aliphatic carbocycles. The first-order valence-corrected chi connectivity index (χ1v) is 9.56. The van der Waals surface area contributed by atoms with E-state index in [0.29, 0.717) is 0 Å². The van der Waals surface area contributed by atoms with Crippen molar-refractivity contribution in [3.05, 3.63) is 27.8 Å². The molecule has 0 aromatic heterocycles. The minimum Gasteiger partial charge on any atom is -0.391 e. The van der Waals surface area contributed by atoms with E-state index < -0.39 is 8.56 Å². The molecular weight excluding hydrogens is 343 g/mol. The number of rotatable bonds is 7. The van der Waals surface area contributed by atoms with Gasteiger partial charge < -0.3 is 8.85 Å². The molecule has 1 aromatic carbocycles.